The molecule has 0 aliphatic carbocycles. The molecular weight excluding hydrogens is 283 g/mol. The monoisotopic (exact) mass is 298 g/mol. The van der Waals surface area contributed by atoms with E-state index in [1.807, 2.05) is 13.8 Å². The Bertz CT molecular complexity index is 613. The van der Waals surface area contributed by atoms with Crippen molar-refractivity contribution in [1.29, 1.82) is 0 Å². The second-order valence-electron chi connectivity index (χ2n) is 4.70. The highest BCUT2D eigenvalue weighted by Crippen LogP contribution is 2.34. The van der Waals surface area contributed by atoms with Gasteiger partial charge in [0.15, 0.2) is 5.75 Å². The molecule has 0 saturated heterocycles. The lowest BCUT2D eigenvalue weighted by molar-refractivity contribution is 0.199. The molecule has 4 nitrogen and oxygen atoms in total. The number of aliphatic hydroxyl groups excluding tert-OH is 1. The number of aromatic nitrogens is 2. The van der Waals surface area contributed by atoms with Crippen molar-refractivity contribution in [1.82, 2.24) is 9.78 Å². The Morgan fingerprint density at radius 3 is 2.65 bits per heavy atom. The molecule has 2 rings (SSSR count). The van der Waals surface area contributed by atoms with E-state index in [0.29, 0.717) is 17.0 Å². The van der Waals surface area contributed by atoms with Gasteiger partial charge in [0.05, 0.1) is 13.3 Å². The van der Waals surface area contributed by atoms with E-state index < -0.39 is 11.9 Å². The molecule has 20 heavy (non-hydrogen) atoms. The van der Waals surface area contributed by atoms with Crippen LogP contribution in [-0.2, 0) is 0 Å². The number of hydrogen-bond donors (Lipinski definition) is 1. The van der Waals surface area contributed by atoms with Gasteiger partial charge in [-0.25, -0.2) is 4.39 Å². The van der Waals surface area contributed by atoms with Gasteiger partial charge >= 0.3 is 0 Å². The summed E-state index contributed by atoms with van der Waals surface area (Å²) in [5.41, 5.74) is 0.907. The molecule has 1 aromatic carbocycles. The number of aliphatic hydroxyl groups is 1. The highest BCUT2D eigenvalue weighted by Gasteiger charge is 2.24. The number of methoxy groups -OCH3 is 1. The van der Waals surface area contributed by atoms with Crippen LogP contribution in [-0.4, -0.2) is 22.0 Å². The Balaban J connectivity index is 2.52. The molecule has 0 amide bonds. The minimum Gasteiger partial charge on any atom is -0.493 e. The van der Waals surface area contributed by atoms with Gasteiger partial charge in [-0.2, -0.15) is 5.10 Å². The number of nitrogens with zero attached hydrogens (tertiary/aromatic N) is 2. The van der Waals surface area contributed by atoms with Gasteiger partial charge in [-0.15, -0.1) is 0 Å². The molecule has 0 aliphatic heterocycles. The minimum atomic E-state index is -1.04. The molecule has 1 N–H and O–H groups in total. The number of hydrogen-bond acceptors (Lipinski definition) is 3. The predicted octanol–water partition coefficient (Wildman–Crippen LogP) is 3.35. The lowest BCUT2D eigenvalue weighted by atomic mass is 10.1. The molecule has 1 atom stereocenters. The number of halogens is 2. The summed E-state index contributed by atoms with van der Waals surface area (Å²) in [5.74, 6) is 0.0156. The molecule has 6 heteroatoms. The van der Waals surface area contributed by atoms with E-state index in [9.17, 15) is 9.50 Å². The van der Waals surface area contributed by atoms with Crippen LogP contribution in [0.5, 0.6) is 5.75 Å². The van der Waals surface area contributed by atoms with Crippen LogP contribution in [0.25, 0.3) is 0 Å². The second kappa shape index (κ2) is 5.81. The van der Waals surface area contributed by atoms with E-state index in [0.717, 1.165) is 0 Å². The minimum absolute atomic E-state index is 0.0442. The maximum absolute atomic E-state index is 13.1. The summed E-state index contributed by atoms with van der Waals surface area (Å²) in [6.45, 7) is 3.88. The molecule has 0 aliphatic rings. The van der Waals surface area contributed by atoms with Gasteiger partial charge in [0, 0.05) is 16.6 Å². The van der Waals surface area contributed by atoms with E-state index >= 15 is 0 Å². The third kappa shape index (κ3) is 2.64. The maximum Gasteiger partial charge on any atom is 0.163 e. The van der Waals surface area contributed by atoms with Gasteiger partial charge in [0.2, 0.25) is 0 Å². The van der Waals surface area contributed by atoms with Crippen molar-refractivity contribution in [2.75, 3.05) is 7.11 Å². The smallest absolute Gasteiger partial charge is 0.163 e. The SMILES string of the molecule is COc1cnn(C(C)C)c1C(O)c1ccc(F)cc1Cl. The highest BCUT2D eigenvalue weighted by atomic mass is 35.5. The summed E-state index contributed by atoms with van der Waals surface area (Å²) in [7, 11) is 1.50. The van der Waals surface area contributed by atoms with Gasteiger partial charge in [-0.05, 0) is 26.0 Å². The summed E-state index contributed by atoms with van der Waals surface area (Å²) in [5, 5.41) is 14.9. The zero-order valence-corrected chi connectivity index (χ0v) is 12.2. The van der Waals surface area contributed by atoms with E-state index in [-0.39, 0.29) is 11.1 Å². The fourth-order valence-corrected chi connectivity index (χ4v) is 2.33. The van der Waals surface area contributed by atoms with E-state index in [1.165, 1.54) is 31.5 Å². The first-order valence-electron chi connectivity index (χ1n) is 6.20. The molecular formula is C14H16ClFN2O2. The molecule has 0 saturated carbocycles. The van der Waals surface area contributed by atoms with Gasteiger partial charge in [-0.1, -0.05) is 17.7 Å². The van der Waals surface area contributed by atoms with E-state index in [1.54, 1.807) is 4.68 Å². The Kier molecular flexibility index (Phi) is 4.30. The van der Waals surface area contributed by atoms with Crippen molar-refractivity contribution in [3.8, 4) is 5.75 Å². The Morgan fingerprint density at radius 1 is 1.40 bits per heavy atom. The summed E-state index contributed by atoms with van der Waals surface area (Å²) in [6, 6.07) is 3.93. The Labute approximate surface area is 121 Å². The first kappa shape index (κ1) is 14.8. The molecule has 0 radical (unpaired) electrons. The van der Waals surface area contributed by atoms with Crippen molar-refractivity contribution in [3.63, 3.8) is 0 Å². The standard InChI is InChI=1S/C14H16ClFN2O2/c1-8(2)18-13(12(20-3)7-17-18)14(19)10-5-4-9(16)6-11(10)15/h4-8,14,19H,1-3H3. The number of benzene rings is 1. The van der Waals surface area contributed by atoms with Crippen LogP contribution in [0, 0.1) is 5.82 Å². The van der Waals surface area contributed by atoms with E-state index in [4.69, 9.17) is 16.3 Å². The number of rotatable bonds is 4. The lowest BCUT2D eigenvalue weighted by Gasteiger charge is -2.18. The van der Waals surface area contributed by atoms with Crippen LogP contribution in [0.2, 0.25) is 5.02 Å². The molecule has 1 heterocycles. The van der Waals surface area contributed by atoms with Gasteiger partial charge in [0.1, 0.15) is 17.6 Å². The lowest BCUT2D eigenvalue weighted by Crippen LogP contribution is -2.13. The van der Waals surface area contributed by atoms with Crippen LogP contribution in [0.1, 0.15) is 37.3 Å². The maximum atomic E-state index is 13.1. The highest BCUT2D eigenvalue weighted by molar-refractivity contribution is 6.31. The van der Waals surface area contributed by atoms with Crippen LogP contribution < -0.4 is 4.74 Å². The Hall–Kier alpha value is -1.59. The van der Waals surface area contributed by atoms with Gasteiger partial charge in [-0.3, -0.25) is 4.68 Å². The largest absolute Gasteiger partial charge is 0.493 e. The van der Waals surface area contributed by atoms with E-state index in [2.05, 4.69) is 5.10 Å². The summed E-state index contributed by atoms with van der Waals surface area (Å²) in [6.07, 6.45) is 0.499. The first-order valence-corrected chi connectivity index (χ1v) is 6.58. The van der Waals surface area contributed by atoms with Crippen LogP contribution in [0.4, 0.5) is 4.39 Å². The number of ether oxygens (including phenoxy) is 1. The quantitative estimate of drug-likeness (QED) is 0.941. The molecule has 2 aromatic rings. The van der Waals surface area contributed by atoms with Crippen molar-refractivity contribution in [2.45, 2.75) is 26.0 Å². The third-order valence-electron chi connectivity index (χ3n) is 3.02. The first-order chi connectivity index (χ1) is 9.45. The molecule has 0 spiro atoms. The zero-order valence-electron chi connectivity index (χ0n) is 11.5. The molecule has 0 bridgehead atoms. The van der Waals surface area contributed by atoms with Crippen molar-refractivity contribution in [3.05, 3.63) is 46.5 Å². The molecule has 1 unspecified atom stereocenters. The average molecular weight is 299 g/mol. The third-order valence-corrected chi connectivity index (χ3v) is 3.35. The van der Waals surface area contributed by atoms with Crippen molar-refractivity contribution >= 4 is 11.6 Å². The fraction of sp³-hybridized carbons (Fsp3) is 0.357. The summed E-state index contributed by atoms with van der Waals surface area (Å²) in [4.78, 5) is 0. The van der Waals surface area contributed by atoms with Crippen molar-refractivity contribution < 1.29 is 14.2 Å². The molecule has 1 aromatic heterocycles. The average Bonchev–Trinajstić information content (AvgIpc) is 2.81. The normalized spacial score (nSPS) is 12.8. The van der Waals surface area contributed by atoms with Crippen LogP contribution in [0.15, 0.2) is 24.4 Å². The van der Waals surface area contributed by atoms with Crippen LogP contribution in [0.3, 0.4) is 0 Å². The fourth-order valence-electron chi connectivity index (χ4n) is 2.06. The topological polar surface area (TPSA) is 47.3 Å². The van der Waals surface area contributed by atoms with Gasteiger partial charge in [0.25, 0.3) is 0 Å². The zero-order chi connectivity index (χ0) is 14.9. The van der Waals surface area contributed by atoms with Gasteiger partial charge < -0.3 is 9.84 Å². The summed E-state index contributed by atoms with van der Waals surface area (Å²) < 4.78 is 20.0. The van der Waals surface area contributed by atoms with Crippen molar-refractivity contribution in [2.24, 2.45) is 0 Å². The molecule has 108 valence electrons. The predicted molar refractivity (Wildman–Crippen MR) is 74.6 cm³/mol. The Morgan fingerprint density at radius 2 is 2.10 bits per heavy atom. The second-order valence-corrected chi connectivity index (χ2v) is 5.11. The van der Waals surface area contributed by atoms with Crippen LogP contribution >= 0.6 is 11.6 Å². The molecule has 0 fully saturated rings. The summed E-state index contributed by atoms with van der Waals surface area (Å²) >= 11 is 6.00.